The standard InChI is InChI=1S/C10H13N3O2S/c1-2-14-7-9-12-13-10(15-9)11-6-8-4-3-5-16-8/h3-5H,2,6-7H2,1H3,(H,11,13). The normalized spacial score (nSPS) is 10.6. The maximum Gasteiger partial charge on any atom is 0.315 e. The molecule has 0 atom stereocenters. The Kier molecular flexibility index (Phi) is 3.90. The van der Waals surface area contributed by atoms with Crippen molar-refractivity contribution in [2.45, 2.75) is 20.1 Å². The average Bonchev–Trinajstić information content (AvgIpc) is 2.95. The fourth-order valence-electron chi connectivity index (χ4n) is 1.15. The van der Waals surface area contributed by atoms with Gasteiger partial charge in [-0.2, -0.15) is 0 Å². The Labute approximate surface area is 97.5 Å². The summed E-state index contributed by atoms with van der Waals surface area (Å²) in [6.07, 6.45) is 0. The van der Waals surface area contributed by atoms with Crippen molar-refractivity contribution in [2.75, 3.05) is 11.9 Å². The topological polar surface area (TPSA) is 60.2 Å². The van der Waals surface area contributed by atoms with E-state index in [2.05, 4.69) is 21.6 Å². The fraction of sp³-hybridized carbons (Fsp3) is 0.400. The van der Waals surface area contributed by atoms with Crippen LogP contribution in [-0.4, -0.2) is 16.8 Å². The summed E-state index contributed by atoms with van der Waals surface area (Å²) in [5, 5.41) is 12.8. The van der Waals surface area contributed by atoms with Crippen molar-refractivity contribution >= 4 is 17.4 Å². The van der Waals surface area contributed by atoms with Crippen molar-refractivity contribution < 1.29 is 9.15 Å². The molecule has 0 aliphatic rings. The number of ether oxygens (including phenoxy) is 1. The van der Waals surface area contributed by atoms with E-state index in [0.717, 1.165) is 0 Å². The highest BCUT2D eigenvalue weighted by atomic mass is 32.1. The van der Waals surface area contributed by atoms with Gasteiger partial charge in [0.25, 0.3) is 0 Å². The van der Waals surface area contributed by atoms with Crippen LogP contribution in [0.4, 0.5) is 6.01 Å². The Balaban J connectivity index is 1.83. The Morgan fingerprint density at radius 3 is 3.19 bits per heavy atom. The zero-order valence-electron chi connectivity index (χ0n) is 8.97. The maximum absolute atomic E-state index is 5.33. The average molecular weight is 239 g/mol. The van der Waals surface area contributed by atoms with E-state index in [4.69, 9.17) is 9.15 Å². The molecule has 16 heavy (non-hydrogen) atoms. The van der Waals surface area contributed by atoms with Crippen molar-refractivity contribution in [3.63, 3.8) is 0 Å². The van der Waals surface area contributed by atoms with E-state index < -0.39 is 0 Å². The smallest absolute Gasteiger partial charge is 0.315 e. The summed E-state index contributed by atoms with van der Waals surface area (Å²) < 4.78 is 10.5. The van der Waals surface area contributed by atoms with Crippen molar-refractivity contribution in [3.05, 3.63) is 28.3 Å². The monoisotopic (exact) mass is 239 g/mol. The van der Waals surface area contributed by atoms with E-state index in [-0.39, 0.29) is 0 Å². The van der Waals surface area contributed by atoms with Gasteiger partial charge in [-0.05, 0) is 18.4 Å². The summed E-state index contributed by atoms with van der Waals surface area (Å²) in [7, 11) is 0. The maximum atomic E-state index is 5.33. The van der Waals surface area contributed by atoms with Gasteiger partial charge in [0, 0.05) is 11.5 Å². The molecule has 1 N–H and O–H groups in total. The second kappa shape index (κ2) is 5.62. The Morgan fingerprint density at radius 2 is 2.44 bits per heavy atom. The van der Waals surface area contributed by atoms with Crippen LogP contribution in [0.25, 0.3) is 0 Å². The molecule has 0 radical (unpaired) electrons. The number of aromatic nitrogens is 2. The molecule has 0 amide bonds. The molecule has 5 nitrogen and oxygen atoms in total. The van der Waals surface area contributed by atoms with Crippen LogP contribution < -0.4 is 5.32 Å². The van der Waals surface area contributed by atoms with Crippen molar-refractivity contribution in [2.24, 2.45) is 0 Å². The number of nitrogens with zero attached hydrogens (tertiary/aromatic N) is 2. The Morgan fingerprint density at radius 1 is 1.50 bits per heavy atom. The first-order valence-electron chi connectivity index (χ1n) is 5.05. The van der Waals surface area contributed by atoms with Gasteiger partial charge in [0.2, 0.25) is 5.89 Å². The van der Waals surface area contributed by atoms with E-state index in [9.17, 15) is 0 Å². The molecule has 6 heteroatoms. The van der Waals surface area contributed by atoms with E-state index in [1.165, 1.54) is 4.88 Å². The summed E-state index contributed by atoms with van der Waals surface area (Å²) in [5.74, 6) is 0.496. The molecule has 0 aromatic carbocycles. The lowest BCUT2D eigenvalue weighted by Gasteiger charge is -1.97. The van der Waals surface area contributed by atoms with Gasteiger partial charge in [-0.1, -0.05) is 11.2 Å². The molecule has 2 heterocycles. The molecule has 0 unspecified atom stereocenters. The first kappa shape index (κ1) is 11.1. The first-order valence-corrected chi connectivity index (χ1v) is 5.93. The lowest BCUT2D eigenvalue weighted by molar-refractivity contribution is 0.115. The lowest BCUT2D eigenvalue weighted by atomic mass is 10.5. The van der Waals surface area contributed by atoms with Gasteiger partial charge >= 0.3 is 6.01 Å². The lowest BCUT2D eigenvalue weighted by Crippen LogP contribution is -1.97. The molecule has 0 saturated carbocycles. The molecule has 0 saturated heterocycles. The van der Waals surface area contributed by atoms with E-state index in [0.29, 0.717) is 31.7 Å². The summed E-state index contributed by atoms with van der Waals surface area (Å²) in [6.45, 7) is 3.63. The number of hydrogen-bond donors (Lipinski definition) is 1. The number of hydrogen-bond acceptors (Lipinski definition) is 6. The molecule has 0 bridgehead atoms. The molecular formula is C10H13N3O2S. The molecule has 0 spiro atoms. The third kappa shape index (κ3) is 3.04. The number of rotatable bonds is 6. The van der Waals surface area contributed by atoms with Crippen LogP contribution in [0.5, 0.6) is 0 Å². The predicted molar refractivity (Wildman–Crippen MR) is 61.3 cm³/mol. The van der Waals surface area contributed by atoms with E-state index >= 15 is 0 Å². The van der Waals surface area contributed by atoms with Gasteiger partial charge in [-0.25, -0.2) is 0 Å². The quantitative estimate of drug-likeness (QED) is 0.838. The predicted octanol–water partition coefficient (Wildman–Crippen LogP) is 2.28. The van der Waals surface area contributed by atoms with Gasteiger partial charge in [-0.15, -0.1) is 16.4 Å². The minimum atomic E-state index is 0.365. The zero-order valence-corrected chi connectivity index (χ0v) is 9.79. The molecule has 2 aromatic rings. The minimum absolute atomic E-state index is 0.365. The highest BCUT2D eigenvalue weighted by Crippen LogP contribution is 2.12. The second-order valence-electron chi connectivity index (χ2n) is 3.07. The van der Waals surface area contributed by atoms with Crippen LogP contribution >= 0.6 is 11.3 Å². The third-order valence-electron chi connectivity index (χ3n) is 1.89. The largest absolute Gasteiger partial charge is 0.406 e. The van der Waals surface area contributed by atoms with Crippen LogP contribution in [0.1, 0.15) is 17.7 Å². The van der Waals surface area contributed by atoms with Gasteiger partial charge in [-0.3, -0.25) is 0 Å². The zero-order chi connectivity index (χ0) is 11.2. The van der Waals surface area contributed by atoms with Gasteiger partial charge in [0.1, 0.15) is 6.61 Å². The Bertz CT molecular complexity index is 413. The molecule has 2 aromatic heterocycles. The van der Waals surface area contributed by atoms with Crippen LogP contribution in [0, 0.1) is 0 Å². The van der Waals surface area contributed by atoms with Crippen molar-refractivity contribution in [1.29, 1.82) is 0 Å². The molecule has 0 aliphatic heterocycles. The Hall–Kier alpha value is -1.40. The van der Waals surface area contributed by atoms with Crippen LogP contribution in [0.2, 0.25) is 0 Å². The summed E-state index contributed by atoms with van der Waals surface area (Å²) >= 11 is 1.69. The minimum Gasteiger partial charge on any atom is -0.406 e. The fourth-order valence-corrected chi connectivity index (χ4v) is 1.79. The number of nitrogens with one attached hydrogen (secondary N) is 1. The van der Waals surface area contributed by atoms with Gasteiger partial charge in [0.15, 0.2) is 0 Å². The number of thiophene rings is 1. The second-order valence-corrected chi connectivity index (χ2v) is 4.10. The highest BCUT2D eigenvalue weighted by molar-refractivity contribution is 7.09. The van der Waals surface area contributed by atoms with Crippen molar-refractivity contribution in [1.82, 2.24) is 10.2 Å². The first-order chi connectivity index (χ1) is 7.88. The molecular weight excluding hydrogens is 226 g/mol. The molecule has 2 rings (SSSR count). The van der Waals surface area contributed by atoms with Crippen molar-refractivity contribution in [3.8, 4) is 0 Å². The van der Waals surface area contributed by atoms with E-state index in [1.807, 2.05) is 18.4 Å². The summed E-state index contributed by atoms with van der Waals surface area (Å²) in [5.41, 5.74) is 0. The van der Waals surface area contributed by atoms with Crippen LogP contribution in [-0.2, 0) is 17.9 Å². The molecule has 86 valence electrons. The third-order valence-corrected chi connectivity index (χ3v) is 2.77. The molecule has 0 aliphatic carbocycles. The van der Waals surface area contributed by atoms with Gasteiger partial charge < -0.3 is 14.5 Å². The van der Waals surface area contributed by atoms with Gasteiger partial charge in [0.05, 0.1) is 6.54 Å². The SMILES string of the molecule is CCOCc1nnc(NCc2cccs2)o1. The highest BCUT2D eigenvalue weighted by Gasteiger charge is 2.05. The molecule has 0 fully saturated rings. The van der Waals surface area contributed by atoms with Crippen LogP contribution in [0.15, 0.2) is 21.9 Å². The summed E-state index contributed by atoms with van der Waals surface area (Å²) in [4.78, 5) is 1.23. The van der Waals surface area contributed by atoms with Crippen LogP contribution in [0.3, 0.4) is 0 Å². The summed E-state index contributed by atoms with van der Waals surface area (Å²) in [6, 6.07) is 4.49. The van der Waals surface area contributed by atoms with E-state index in [1.54, 1.807) is 11.3 Å². The number of anilines is 1.